The molecule has 10 nitrogen and oxygen atoms in total. The maximum atomic E-state index is 13.0. The van der Waals surface area contributed by atoms with Crippen molar-refractivity contribution >= 4 is 37.5 Å². The Kier molecular flexibility index (Phi) is 9.82. The summed E-state index contributed by atoms with van der Waals surface area (Å²) in [6.07, 6.45) is 0.866. The van der Waals surface area contributed by atoms with Crippen LogP contribution in [0.25, 0.3) is 0 Å². The zero-order valence-corrected chi connectivity index (χ0v) is 23.1. The van der Waals surface area contributed by atoms with Crippen LogP contribution in [0.4, 0.5) is 5.69 Å². The third-order valence-electron chi connectivity index (χ3n) is 6.02. The quantitative estimate of drug-likeness (QED) is 0.361. The van der Waals surface area contributed by atoms with Crippen LogP contribution in [0.2, 0.25) is 0 Å². The van der Waals surface area contributed by atoms with Crippen molar-refractivity contribution in [1.29, 1.82) is 0 Å². The molecule has 1 saturated heterocycles. The van der Waals surface area contributed by atoms with E-state index in [4.69, 9.17) is 0 Å². The SMILES string of the molecule is C=CS(=O)(=O)NC[C@H]1CCN(S(=O)(=O)c2ccc(CC(=O)Nc3ccc(CC(=O)NC(C)C)cc3)cc2)C1. The van der Waals surface area contributed by atoms with E-state index in [2.05, 4.69) is 21.9 Å². The molecular weight excluding hydrogens is 528 g/mol. The lowest BCUT2D eigenvalue weighted by Gasteiger charge is -2.17. The van der Waals surface area contributed by atoms with Crippen molar-refractivity contribution in [3.63, 3.8) is 0 Å². The number of sulfonamides is 2. The Balaban J connectivity index is 1.52. The Morgan fingerprint density at radius 3 is 2.13 bits per heavy atom. The number of amides is 2. The smallest absolute Gasteiger partial charge is 0.243 e. The van der Waals surface area contributed by atoms with E-state index in [0.717, 1.165) is 11.0 Å². The number of carbonyl (C=O) groups excluding carboxylic acids is 2. The lowest BCUT2D eigenvalue weighted by Crippen LogP contribution is -2.32. The molecule has 3 rings (SSSR count). The highest BCUT2D eigenvalue weighted by atomic mass is 32.2. The van der Waals surface area contributed by atoms with E-state index in [1.54, 1.807) is 36.4 Å². The van der Waals surface area contributed by atoms with Crippen molar-refractivity contribution in [3.05, 3.63) is 71.6 Å². The molecule has 1 aliphatic rings. The van der Waals surface area contributed by atoms with Gasteiger partial charge in [-0.3, -0.25) is 9.59 Å². The number of hydrogen-bond acceptors (Lipinski definition) is 6. The molecule has 206 valence electrons. The Hall–Kier alpha value is -3.06. The number of benzene rings is 2. The molecule has 2 amide bonds. The average molecular weight is 563 g/mol. The van der Waals surface area contributed by atoms with Gasteiger partial charge in [-0.15, -0.1) is 0 Å². The predicted molar refractivity (Wildman–Crippen MR) is 146 cm³/mol. The van der Waals surface area contributed by atoms with E-state index in [1.807, 2.05) is 13.8 Å². The molecule has 0 bridgehead atoms. The number of anilines is 1. The molecule has 2 aromatic rings. The summed E-state index contributed by atoms with van der Waals surface area (Å²) in [6.45, 7) is 7.69. The summed E-state index contributed by atoms with van der Waals surface area (Å²) >= 11 is 0. The fourth-order valence-corrected chi connectivity index (χ4v) is 6.18. The average Bonchev–Trinajstić information content (AvgIpc) is 3.34. The lowest BCUT2D eigenvalue weighted by atomic mass is 10.1. The van der Waals surface area contributed by atoms with Crippen molar-refractivity contribution < 1.29 is 26.4 Å². The van der Waals surface area contributed by atoms with Gasteiger partial charge in [-0.25, -0.2) is 21.6 Å². The van der Waals surface area contributed by atoms with Crippen LogP contribution in [-0.4, -0.2) is 58.6 Å². The number of rotatable bonds is 12. The first kappa shape index (κ1) is 29.5. The van der Waals surface area contributed by atoms with Crippen molar-refractivity contribution in [2.75, 3.05) is 25.0 Å². The van der Waals surface area contributed by atoms with Gasteiger partial charge in [0.15, 0.2) is 0 Å². The molecule has 2 aromatic carbocycles. The highest BCUT2D eigenvalue weighted by Gasteiger charge is 2.32. The van der Waals surface area contributed by atoms with Gasteiger partial charge in [-0.2, -0.15) is 4.31 Å². The van der Waals surface area contributed by atoms with Crippen molar-refractivity contribution in [1.82, 2.24) is 14.3 Å². The molecule has 0 aromatic heterocycles. The fraction of sp³-hybridized carbons (Fsp3) is 0.385. The summed E-state index contributed by atoms with van der Waals surface area (Å²) in [4.78, 5) is 24.5. The second-order valence-corrected chi connectivity index (χ2v) is 13.2. The van der Waals surface area contributed by atoms with Crippen LogP contribution in [0.1, 0.15) is 31.4 Å². The highest BCUT2D eigenvalue weighted by Crippen LogP contribution is 2.24. The van der Waals surface area contributed by atoms with Crippen molar-refractivity contribution in [3.8, 4) is 0 Å². The number of hydrogen-bond donors (Lipinski definition) is 3. The molecule has 1 fully saturated rings. The van der Waals surface area contributed by atoms with E-state index < -0.39 is 20.0 Å². The Morgan fingerprint density at radius 1 is 0.974 bits per heavy atom. The molecule has 12 heteroatoms. The third-order valence-corrected chi connectivity index (χ3v) is 8.91. The molecule has 0 spiro atoms. The molecule has 38 heavy (non-hydrogen) atoms. The van der Waals surface area contributed by atoms with Gasteiger partial charge in [0.25, 0.3) is 0 Å². The largest absolute Gasteiger partial charge is 0.354 e. The van der Waals surface area contributed by atoms with Gasteiger partial charge < -0.3 is 10.6 Å². The van der Waals surface area contributed by atoms with Gasteiger partial charge in [0.05, 0.1) is 17.7 Å². The predicted octanol–water partition coefficient (Wildman–Crippen LogP) is 2.01. The Labute approximate surface area is 224 Å². The maximum Gasteiger partial charge on any atom is 0.243 e. The summed E-state index contributed by atoms with van der Waals surface area (Å²) in [5.41, 5.74) is 2.09. The minimum Gasteiger partial charge on any atom is -0.354 e. The van der Waals surface area contributed by atoms with E-state index in [0.29, 0.717) is 24.2 Å². The fourth-order valence-electron chi connectivity index (χ4n) is 4.06. The minimum atomic E-state index is -3.74. The Morgan fingerprint density at radius 2 is 1.55 bits per heavy atom. The first-order valence-electron chi connectivity index (χ1n) is 12.3. The normalized spacial score (nSPS) is 16.3. The Bertz CT molecular complexity index is 1360. The van der Waals surface area contributed by atoms with Crippen molar-refractivity contribution in [2.45, 2.75) is 44.0 Å². The van der Waals surface area contributed by atoms with Gasteiger partial charge >= 0.3 is 0 Å². The second kappa shape index (κ2) is 12.7. The third kappa shape index (κ3) is 8.48. The molecule has 1 heterocycles. The van der Waals surface area contributed by atoms with Gasteiger partial charge in [-0.05, 0) is 61.6 Å². The maximum absolute atomic E-state index is 13.0. The van der Waals surface area contributed by atoms with Gasteiger partial charge in [-0.1, -0.05) is 30.8 Å². The van der Waals surface area contributed by atoms with E-state index in [1.165, 1.54) is 16.4 Å². The van der Waals surface area contributed by atoms with Crippen LogP contribution >= 0.6 is 0 Å². The van der Waals surface area contributed by atoms with E-state index in [9.17, 15) is 26.4 Å². The zero-order valence-electron chi connectivity index (χ0n) is 21.5. The first-order chi connectivity index (χ1) is 17.9. The molecule has 0 saturated carbocycles. The lowest BCUT2D eigenvalue weighted by molar-refractivity contribution is -0.121. The van der Waals surface area contributed by atoms with Crippen LogP contribution in [0.5, 0.6) is 0 Å². The summed E-state index contributed by atoms with van der Waals surface area (Å²) in [5.74, 6) is -0.452. The molecule has 0 radical (unpaired) electrons. The second-order valence-electron chi connectivity index (χ2n) is 9.54. The monoisotopic (exact) mass is 562 g/mol. The summed E-state index contributed by atoms with van der Waals surface area (Å²) in [7, 11) is -7.30. The zero-order chi connectivity index (χ0) is 27.9. The molecule has 0 unspecified atom stereocenters. The summed E-state index contributed by atoms with van der Waals surface area (Å²) < 4.78 is 52.9. The van der Waals surface area contributed by atoms with Crippen molar-refractivity contribution in [2.24, 2.45) is 5.92 Å². The topological polar surface area (TPSA) is 142 Å². The summed E-state index contributed by atoms with van der Waals surface area (Å²) in [6, 6.07) is 13.3. The number of nitrogens with zero attached hydrogens (tertiary/aromatic N) is 1. The van der Waals surface area contributed by atoms with E-state index in [-0.39, 0.29) is 54.6 Å². The van der Waals surface area contributed by atoms with Crippen LogP contribution in [-0.2, 0) is 42.5 Å². The van der Waals surface area contributed by atoms with Gasteiger partial charge in [0.2, 0.25) is 31.9 Å². The number of nitrogens with one attached hydrogen (secondary N) is 3. The molecule has 3 N–H and O–H groups in total. The van der Waals surface area contributed by atoms with Crippen LogP contribution in [0, 0.1) is 5.92 Å². The van der Waals surface area contributed by atoms with Crippen LogP contribution in [0.3, 0.4) is 0 Å². The molecular formula is C26H34N4O6S2. The van der Waals surface area contributed by atoms with E-state index >= 15 is 0 Å². The van der Waals surface area contributed by atoms with Gasteiger partial charge in [0.1, 0.15) is 0 Å². The number of carbonyl (C=O) groups is 2. The molecule has 1 aliphatic heterocycles. The molecule has 0 aliphatic carbocycles. The first-order valence-corrected chi connectivity index (χ1v) is 15.3. The van der Waals surface area contributed by atoms with Crippen LogP contribution < -0.4 is 15.4 Å². The van der Waals surface area contributed by atoms with Gasteiger partial charge in [0, 0.05) is 36.8 Å². The van der Waals surface area contributed by atoms with Crippen LogP contribution in [0.15, 0.2) is 65.4 Å². The standard InChI is InChI=1S/C26H34N4O6S2/c1-4-37(33,34)27-17-22-13-14-30(18-22)38(35,36)24-11-7-21(8-12-24)16-26(32)29-23-9-5-20(6-10-23)15-25(31)28-19(2)3/h4-12,19,22,27H,1,13-18H2,2-3H3,(H,28,31)(H,29,32)/t22-/m1/s1. The minimum absolute atomic E-state index is 0.0636. The molecule has 1 atom stereocenters. The summed E-state index contributed by atoms with van der Waals surface area (Å²) in [5, 5.41) is 6.46. The highest BCUT2D eigenvalue weighted by molar-refractivity contribution is 7.92.